The van der Waals surface area contributed by atoms with E-state index in [1.54, 1.807) is 6.08 Å². The van der Waals surface area contributed by atoms with E-state index in [2.05, 4.69) is 37.9 Å². The van der Waals surface area contributed by atoms with Crippen molar-refractivity contribution >= 4 is 0 Å². The van der Waals surface area contributed by atoms with Crippen molar-refractivity contribution in [2.45, 2.75) is 26.8 Å². The van der Waals surface area contributed by atoms with Crippen LogP contribution >= 0.6 is 0 Å². The summed E-state index contributed by atoms with van der Waals surface area (Å²) in [5, 5.41) is 3.46. The summed E-state index contributed by atoms with van der Waals surface area (Å²) in [6.45, 7) is 10.7. The summed E-state index contributed by atoms with van der Waals surface area (Å²) >= 11 is 0. The molecule has 2 heteroatoms. The average molecular weight is 233 g/mol. The number of nitrogens with one attached hydrogen (secondary N) is 1. The van der Waals surface area contributed by atoms with Gasteiger partial charge in [-0.15, -0.1) is 0 Å². The molecule has 1 atom stereocenters. The Morgan fingerprint density at radius 2 is 2.06 bits per heavy atom. The first kappa shape index (κ1) is 13.8. The van der Waals surface area contributed by atoms with Crippen LogP contribution in [0.5, 0.6) is 5.75 Å². The molecule has 0 heterocycles. The van der Waals surface area contributed by atoms with Gasteiger partial charge in [0.15, 0.2) is 0 Å². The van der Waals surface area contributed by atoms with Crippen molar-refractivity contribution in [2.75, 3.05) is 13.2 Å². The summed E-state index contributed by atoms with van der Waals surface area (Å²) in [6.07, 6.45) is 2.98. The topological polar surface area (TPSA) is 21.3 Å². The molecular formula is C15H23NO. The molecule has 1 unspecified atom stereocenters. The van der Waals surface area contributed by atoms with E-state index in [1.807, 2.05) is 12.1 Å². The van der Waals surface area contributed by atoms with Gasteiger partial charge >= 0.3 is 0 Å². The maximum Gasteiger partial charge on any atom is 0.119 e. The number of rotatable bonds is 8. The zero-order valence-corrected chi connectivity index (χ0v) is 10.9. The van der Waals surface area contributed by atoms with Crippen molar-refractivity contribution < 1.29 is 4.74 Å². The third-order valence-corrected chi connectivity index (χ3v) is 2.81. The minimum absolute atomic E-state index is 0.561. The molecule has 0 spiro atoms. The lowest BCUT2D eigenvalue weighted by Crippen LogP contribution is -2.20. The summed E-state index contributed by atoms with van der Waals surface area (Å²) in [6, 6.07) is 8.21. The lowest BCUT2D eigenvalue weighted by molar-refractivity contribution is 0.363. The van der Waals surface area contributed by atoms with Gasteiger partial charge in [0.05, 0.1) is 0 Å². The fourth-order valence-electron chi connectivity index (χ4n) is 1.47. The van der Waals surface area contributed by atoms with Crippen LogP contribution in [0.15, 0.2) is 36.9 Å². The predicted molar refractivity (Wildman–Crippen MR) is 73.3 cm³/mol. The highest BCUT2D eigenvalue weighted by Gasteiger charge is 1.98. The molecule has 0 fully saturated rings. The molecule has 0 aliphatic heterocycles. The van der Waals surface area contributed by atoms with Gasteiger partial charge in [0.2, 0.25) is 0 Å². The van der Waals surface area contributed by atoms with Gasteiger partial charge in [0, 0.05) is 6.54 Å². The number of ether oxygens (including phenoxy) is 1. The molecule has 0 saturated carbocycles. The zero-order valence-electron chi connectivity index (χ0n) is 10.9. The predicted octanol–water partition coefficient (Wildman–Crippen LogP) is 3.39. The summed E-state index contributed by atoms with van der Waals surface area (Å²) in [7, 11) is 0. The maximum absolute atomic E-state index is 5.43. The summed E-state index contributed by atoms with van der Waals surface area (Å²) < 4.78 is 5.43. The normalized spacial score (nSPS) is 12.1. The maximum atomic E-state index is 5.43. The molecule has 1 rings (SSSR count). The van der Waals surface area contributed by atoms with Crippen molar-refractivity contribution in [1.82, 2.24) is 5.32 Å². The highest BCUT2D eigenvalue weighted by molar-refractivity contribution is 5.27. The zero-order chi connectivity index (χ0) is 12.5. The van der Waals surface area contributed by atoms with Gasteiger partial charge in [-0.1, -0.05) is 45.1 Å². The Labute approximate surface area is 105 Å². The molecule has 94 valence electrons. The smallest absolute Gasteiger partial charge is 0.119 e. The van der Waals surface area contributed by atoms with E-state index in [0.29, 0.717) is 6.61 Å². The van der Waals surface area contributed by atoms with Crippen LogP contribution in [-0.2, 0) is 6.54 Å². The van der Waals surface area contributed by atoms with Crippen molar-refractivity contribution in [1.29, 1.82) is 0 Å². The van der Waals surface area contributed by atoms with Crippen molar-refractivity contribution in [2.24, 2.45) is 5.92 Å². The second kappa shape index (κ2) is 7.91. The molecule has 0 saturated heterocycles. The van der Waals surface area contributed by atoms with Crippen LogP contribution in [0.3, 0.4) is 0 Å². The van der Waals surface area contributed by atoms with Crippen LogP contribution in [0.25, 0.3) is 0 Å². The van der Waals surface area contributed by atoms with E-state index in [4.69, 9.17) is 4.74 Å². The van der Waals surface area contributed by atoms with E-state index >= 15 is 0 Å². The van der Waals surface area contributed by atoms with E-state index < -0.39 is 0 Å². The van der Waals surface area contributed by atoms with Crippen LogP contribution in [-0.4, -0.2) is 13.2 Å². The molecule has 1 aromatic rings. The monoisotopic (exact) mass is 233 g/mol. The molecular weight excluding hydrogens is 210 g/mol. The van der Waals surface area contributed by atoms with Gasteiger partial charge in [-0.25, -0.2) is 0 Å². The Morgan fingerprint density at radius 3 is 2.65 bits per heavy atom. The number of hydrogen-bond donors (Lipinski definition) is 1. The molecule has 0 aliphatic carbocycles. The lowest BCUT2D eigenvalue weighted by Gasteiger charge is -2.10. The third kappa shape index (κ3) is 5.55. The second-order valence-corrected chi connectivity index (χ2v) is 4.39. The Kier molecular flexibility index (Phi) is 6.41. The third-order valence-electron chi connectivity index (χ3n) is 2.81. The van der Waals surface area contributed by atoms with E-state index in [1.165, 1.54) is 12.0 Å². The van der Waals surface area contributed by atoms with Crippen molar-refractivity contribution in [3.63, 3.8) is 0 Å². The minimum atomic E-state index is 0.561. The molecule has 1 N–H and O–H groups in total. The first-order valence-electron chi connectivity index (χ1n) is 6.29. The lowest BCUT2D eigenvalue weighted by atomic mass is 10.1. The van der Waals surface area contributed by atoms with Crippen molar-refractivity contribution in [3.8, 4) is 5.75 Å². The van der Waals surface area contributed by atoms with Crippen LogP contribution < -0.4 is 10.1 Å². The fourth-order valence-corrected chi connectivity index (χ4v) is 1.47. The second-order valence-electron chi connectivity index (χ2n) is 4.39. The Morgan fingerprint density at radius 1 is 1.35 bits per heavy atom. The van der Waals surface area contributed by atoms with Crippen LogP contribution in [0.2, 0.25) is 0 Å². The van der Waals surface area contributed by atoms with Gasteiger partial charge in [-0.05, 0) is 30.2 Å². The highest BCUT2D eigenvalue weighted by atomic mass is 16.5. The van der Waals surface area contributed by atoms with E-state index in [9.17, 15) is 0 Å². The molecule has 0 amide bonds. The quantitative estimate of drug-likeness (QED) is 0.695. The van der Waals surface area contributed by atoms with Gasteiger partial charge in [0.1, 0.15) is 12.4 Å². The minimum Gasteiger partial charge on any atom is -0.490 e. The largest absolute Gasteiger partial charge is 0.490 e. The van der Waals surface area contributed by atoms with Crippen LogP contribution in [0.1, 0.15) is 25.8 Å². The first-order valence-corrected chi connectivity index (χ1v) is 6.29. The molecule has 0 aromatic heterocycles. The average Bonchev–Trinajstić information content (AvgIpc) is 2.37. The van der Waals surface area contributed by atoms with E-state index in [0.717, 1.165) is 24.8 Å². The van der Waals surface area contributed by atoms with Crippen LogP contribution in [0, 0.1) is 5.92 Å². The van der Waals surface area contributed by atoms with Gasteiger partial charge in [-0.3, -0.25) is 0 Å². The Hall–Kier alpha value is -1.28. The summed E-state index contributed by atoms with van der Waals surface area (Å²) in [4.78, 5) is 0. The van der Waals surface area contributed by atoms with Crippen molar-refractivity contribution in [3.05, 3.63) is 42.5 Å². The molecule has 2 nitrogen and oxygen atoms in total. The first-order chi connectivity index (χ1) is 8.26. The van der Waals surface area contributed by atoms with Gasteiger partial charge in [-0.2, -0.15) is 0 Å². The Bertz CT molecular complexity index is 318. The standard InChI is InChI=1S/C15H23NO/c1-4-10-17-15-8-6-14(7-9-15)12-16-11-13(3)5-2/h4,6-9,13,16H,1,5,10-12H2,2-3H3. The van der Waals surface area contributed by atoms with Crippen LogP contribution in [0.4, 0.5) is 0 Å². The number of benzene rings is 1. The molecule has 0 aliphatic rings. The molecule has 17 heavy (non-hydrogen) atoms. The number of hydrogen-bond acceptors (Lipinski definition) is 2. The molecule has 1 aromatic carbocycles. The summed E-state index contributed by atoms with van der Waals surface area (Å²) in [5.41, 5.74) is 1.29. The molecule has 0 radical (unpaired) electrons. The molecule has 0 bridgehead atoms. The summed E-state index contributed by atoms with van der Waals surface area (Å²) in [5.74, 6) is 1.64. The van der Waals surface area contributed by atoms with E-state index in [-0.39, 0.29) is 0 Å². The Balaban J connectivity index is 2.32. The van der Waals surface area contributed by atoms with Gasteiger partial charge in [0.25, 0.3) is 0 Å². The fraction of sp³-hybridized carbons (Fsp3) is 0.467. The van der Waals surface area contributed by atoms with Gasteiger partial charge < -0.3 is 10.1 Å². The SMILES string of the molecule is C=CCOc1ccc(CNCC(C)CC)cc1. The highest BCUT2D eigenvalue weighted by Crippen LogP contribution is 2.12.